The van der Waals surface area contributed by atoms with E-state index >= 15 is 0 Å². The first-order chi connectivity index (χ1) is 22.8. The Morgan fingerprint density at radius 1 is 1.12 bits per heavy atom. The number of fused-ring (bicyclic) bond motifs is 5. The molecule has 11 atom stereocenters. The molecule has 8 nitrogen and oxygen atoms in total. The molecular formula is C38H59F2N3O5. The first-order valence-electron chi connectivity index (χ1n) is 18.8. The molecule has 6 unspecified atom stereocenters. The van der Waals surface area contributed by atoms with E-state index in [4.69, 9.17) is 9.47 Å². The van der Waals surface area contributed by atoms with E-state index in [0.717, 1.165) is 54.8 Å². The molecule has 1 saturated heterocycles. The zero-order valence-corrected chi connectivity index (χ0v) is 29.7. The van der Waals surface area contributed by atoms with Crippen LogP contribution in [0.1, 0.15) is 111 Å². The summed E-state index contributed by atoms with van der Waals surface area (Å²) in [4.78, 5) is 16.4. The highest BCUT2D eigenvalue weighted by Crippen LogP contribution is 2.67. The van der Waals surface area contributed by atoms with Gasteiger partial charge in [-0.15, -0.1) is 0 Å². The van der Waals surface area contributed by atoms with Crippen LogP contribution in [0, 0.1) is 46.3 Å². The van der Waals surface area contributed by atoms with E-state index in [9.17, 15) is 23.8 Å². The molecule has 0 spiro atoms. The van der Waals surface area contributed by atoms with Gasteiger partial charge in [0.05, 0.1) is 19.3 Å². The molecule has 48 heavy (non-hydrogen) atoms. The summed E-state index contributed by atoms with van der Waals surface area (Å²) in [6, 6.07) is 1.42. The molecule has 10 heteroatoms. The van der Waals surface area contributed by atoms with E-state index in [2.05, 4.69) is 51.0 Å². The Morgan fingerprint density at radius 3 is 2.62 bits per heavy atom. The van der Waals surface area contributed by atoms with Crippen molar-refractivity contribution in [3.8, 4) is 0 Å². The maximum absolute atomic E-state index is 14.5. The van der Waals surface area contributed by atoms with Gasteiger partial charge < -0.3 is 25.0 Å². The average molecular weight is 676 g/mol. The lowest BCUT2D eigenvalue weighted by molar-refractivity contribution is -0.140. The van der Waals surface area contributed by atoms with E-state index in [-0.39, 0.29) is 17.3 Å². The molecule has 1 aromatic rings. The van der Waals surface area contributed by atoms with Crippen LogP contribution in [0.15, 0.2) is 28.7 Å². The minimum Gasteiger partial charge on any atom is -0.394 e. The number of halogens is 2. The highest BCUT2D eigenvalue weighted by Gasteiger charge is 2.60. The van der Waals surface area contributed by atoms with Crippen LogP contribution in [-0.4, -0.2) is 63.8 Å². The molecule has 5 aliphatic rings. The molecule has 1 aromatic heterocycles. The third kappa shape index (κ3) is 6.53. The number of nitrogens with zero attached hydrogens (tertiary/aromatic N) is 2. The number of hydrogen-bond donors (Lipinski definition) is 3. The SMILES string of the molecule is CC(C)CCC[C@@H](C)[C@H]1CCC2C3CC=C4C[C@@H](OCCNc5ccn(C6OC(CO)C(O)C6(F)F)c(=O)n5)CC[C@]4(C)C3CC[C@@]21C. The van der Waals surface area contributed by atoms with Crippen molar-refractivity contribution in [2.45, 2.75) is 136 Å². The number of alkyl halides is 2. The summed E-state index contributed by atoms with van der Waals surface area (Å²) < 4.78 is 41.0. The van der Waals surface area contributed by atoms with Crippen LogP contribution < -0.4 is 11.0 Å². The van der Waals surface area contributed by atoms with E-state index in [1.807, 2.05) is 0 Å². The number of allylic oxidation sites excluding steroid dienone is 1. The zero-order valence-electron chi connectivity index (χ0n) is 29.7. The predicted molar refractivity (Wildman–Crippen MR) is 182 cm³/mol. The van der Waals surface area contributed by atoms with Crippen LogP contribution in [0.3, 0.4) is 0 Å². The van der Waals surface area contributed by atoms with Gasteiger partial charge in [-0.1, -0.05) is 65.5 Å². The van der Waals surface area contributed by atoms with E-state index in [0.29, 0.717) is 23.1 Å². The van der Waals surface area contributed by atoms with Gasteiger partial charge in [0.25, 0.3) is 0 Å². The maximum atomic E-state index is 14.5. The van der Waals surface area contributed by atoms with E-state index in [1.54, 1.807) is 5.57 Å². The number of anilines is 1. The van der Waals surface area contributed by atoms with Crippen LogP contribution in [-0.2, 0) is 9.47 Å². The largest absolute Gasteiger partial charge is 0.394 e. The molecule has 6 rings (SSSR count). The molecule has 4 fully saturated rings. The molecule has 270 valence electrons. The molecule has 3 saturated carbocycles. The smallest absolute Gasteiger partial charge is 0.351 e. The third-order valence-electron chi connectivity index (χ3n) is 13.7. The van der Waals surface area contributed by atoms with Gasteiger partial charge in [-0.3, -0.25) is 4.57 Å². The minimum atomic E-state index is -3.74. The number of nitrogens with one attached hydrogen (secondary N) is 1. The van der Waals surface area contributed by atoms with E-state index < -0.39 is 36.7 Å². The van der Waals surface area contributed by atoms with Gasteiger partial charge in [-0.05, 0) is 104 Å². The number of ether oxygens (including phenoxy) is 2. The molecule has 0 radical (unpaired) electrons. The van der Waals surface area contributed by atoms with Crippen molar-refractivity contribution in [3.05, 3.63) is 34.4 Å². The van der Waals surface area contributed by atoms with Gasteiger partial charge in [-0.2, -0.15) is 13.8 Å². The lowest BCUT2D eigenvalue weighted by atomic mass is 9.47. The molecule has 0 amide bonds. The maximum Gasteiger partial charge on any atom is 0.351 e. The Labute approximate surface area is 285 Å². The Hall–Kier alpha value is -1.88. The second-order valence-electron chi connectivity index (χ2n) is 16.8. The molecule has 2 heterocycles. The second-order valence-corrected chi connectivity index (χ2v) is 16.8. The second kappa shape index (κ2) is 14.0. The summed E-state index contributed by atoms with van der Waals surface area (Å²) in [7, 11) is 0. The molecule has 0 bridgehead atoms. The van der Waals surface area contributed by atoms with Gasteiger partial charge in [0, 0.05) is 12.7 Å². The summed E-state index contributed by atoms with van der Waals surface area (Å²) in [6.07, 6.45) is 12.3. The van der Waals surface area contributed by atoms with Crippen molar-refractivity contribution < 1.29 is 28.5 Å². The van der Waals surface area contributed by atoms with Crippen molar-refractivity contribution in [3.63, 3.8) is 0 Å². The minimum absolute atomic E-state index is 0.160. The molecule has 0 aromatic carbocycles. The fraction of sp³-hybridized carbons (Fsp3) is 0.842. The topological polar surface area (TPSA) is 106 Å². The zero-order chi connectivity index (χ0) is 34.4. The highest BCUT2D eigenvalue weighted by molar-refractivity contribution is 5.32. The number of aliphatic hydroxyl groups excluding tert-OH is 2. The van der Waals surface area contributed by atoms with Crippen LogP contribution >= 0.6 is 0 Å². The summed E-state index contributed by atoms with van der Waals surface area (Å²) >= 11 is 0. The van der Waals surface area contributed by atoms with Crippen molar-refractivity contribution in [1.82, 2.24) is 9.55 Å². The van der Waals surface area contributed by atoms with Crippen molar-refractivity contribution in [1.29, 1.82) is 0 Å². The Balaban J connectivity index is 1.000. The van der Waals surface area contributed by atoms with Gasteiger partial charge in [0.2, 0.25) is 6.23 Å². The monoisotopic (exact) mass is 675 g/mol. The summed E-state index contributed by atoms with van der Waals surface area (Å²) in [5.41, 5.74) is 1.43. The number of aliphatic hydroxyl groups is 2. The van der Waals surface area contributed by atoms with Gasteiger partial charge in [0.15, 0.2) is 6.10 Å². The Bertz CT molecular complexity index is 1370. The molecule has 3 N–H and O–H groups in total. The summed E-state index contributed by atoms with van der Waals surface area (Å²) in [5, 5.41) is 22.1. The Kier molecular flexibility index (Phi) is 10.5. The first-order valence-corrected chi connectivity index (χ1v) is 18.8. The van der Waals surface area contributed by atoms with Crippen LogP contribution in [0.4, 0.5) is 14.6 Å². The fourth-order valence-electron chi connectivity index (χ4n) is 11.0. The van der Waals surface area contributed by atoms with Gasteiger partial charge >= 0.3 is 11.6 Å². The average Bonchev–Trinajstić information content (AvgIpc) is 3.51. The fourth-order valence-corrected chi connectivity index (χ4v) is 11.0. The number of rotatable bonds is 12. The standard InChI is InChI=1S/C38H59F2N3O5/c1-23(2)7-6-8-24(3)28-11-12-29-27-10-9-25-21-26(13-16-36(25,4)30(27)14-17-37(28,29)5)47-20-18-41-32-15-19-43(35(46)42-32)34-38(39,40)33(45)31(22-44)48-34/h9,15,19,23-24,26-31,33-34,44-45H,6-8,10-14,16-18,20-22H2,1-5H3,(H,41,42,46)/t24-,26+,27?,28-,29?,30?,31?,33?,34?,36+,37-/m1/s1. The third-order valence-corrected chi connectivity index (χ3v) is 13.7. The van der Waals surface area contributed by atoms with Crippen LogP contribution in [0.25, 0.3) is 0 Å². The molecular weight excluding hydrogens is 616 g/mol. The quantitative estimate of drug-likeness (QED) is 0.162. The lowest BCUT2D eigenvalue weighted by Gasteiger charge is -2.58. The van der Waals surface area contributed by atoms with Crippen molar-refractivity contribution in [2.24, 2.45) is 46.3 Å². The number of hydrogen-bond acceptors (Lipinski definition) is 7. The Morgan fingerprint density at radius 2 is 1.92 bits per heavy atom. The van der Waals surface area contributed by atoms with Gasteiger partial charge in [-0.25, -0.2) is 4.79 Å². The summed E-state index contributed by atoms with van der Waals surface area (Å²) in [5.74, 6) is 1.44. The number of aromatic nitrogens is 2. The van der Waals surface area contributed by atoms with Crippen molar-refractivity contribution >= 4 is 5.82 Å². The van der Waals surface area contributed by atoms with Crippen LogP contribution in [0.5, 0.6) is 0 Å². The summed E-state index contributed by atoms with van der Waals surface area (Å²) in [6.45, 7) is 12.5. The van der Waals surface area contributed by atoms with Gasteiger partial charge in [0.1, 0.15) is 11.9 Å². The highest BCUT2D eigenvalue weighted by atomic mass is 19.3. The van der Waals surface area contributed by atoms with Crippen LogP contribution in [0.2, 0.25) is 0 Å². The molecule has 1 aliphatic heterocycles. The molecule has 4 aliphatic carbocycles. The van der Waals surface area contributed by atoms with Crippen molar-refractivity contribution in [2.75, 3.05) is 25.1 Å². The first kappa shape index (κ1) is 35.9. The normalized spacial score (nSPS) is 39.4. The predicted octanol–water partition coefficient (Wildman–Crippen LogP) is 6.97. The van der Waals surface area contributed by atoms with E-state index in [1.165, 1.54) is 63.6 Å². The lowest BCUT2D eigenvalue weighted by Crippen LogP contribution is -2.51.